The van der Waals surface area contributed by atoms with E-state index in [9.17, 15) is 4.79 Å². The van der Waals surface area contributed by atoms with E-state index in [1.165, 1.54) is 7.11 Å². The highest BCUT2D eigenvalue weighted by Crippen LogP contribution is 2.17. The van der Waals surface area contributed by atoms with E-state index in [1.54, 1.807) is 6.20 Å². The number of esters is 1. The molecule has 0 aliphatic rings. The van der Waals surface area contributed by atoms with Gasteiger partial charge in [-0.1, -0.05) is 15.9 Å². The molecule has 0 radical (unpaired) electrons. The SMILES string of the molecule is COC(=O)Cc1nccc(Br)c1C. The summed E-state index contributed by atoms with van der Waals surface area (Å²) in [5.74, 6) is -0.270. The number of halogens is 1. The molecule has 0 spiro atoms. The predicted molar refractivity (Wildman–Crippen MR) is 52.4 cm³/mol. The molecule has 0 saturated heterocycles. The number of methoxy groups -OCH3 is 1. The molecule has 0 aromatic carbocycles. The summed E-state index contributed by atoms with van der Waals surface area (Å²) < 4.78 is 5.51. The van der Waals surface area contributed by atoms with Crippen LogP contribution in [0.25, 0.3) is 0 Å². The Bertz CT molecular complexity index is 325. The van der Waals surface area contributed by atoms with E-state index in [-0.39, 0.29) is 12.4 Å². The minimum absolute atomic E-state index is 0.224. The summed E-state index contributed by atoms with van der Waals surface area (Å²) in [5.41, 5.74) is 1.73. The Labute approximate surface area is 85.3 Å². The number of ether oxygens (including phenoxy) is 1. The van der Waals surface area contributed by atoms with E-state index in [0.717, 1.165) is 15.7 Å². The maximum Gasteiger partial charge on any atom is 0.311 e. The monoisotopic (exact) mass is 243 g/mol. The van der Waals surface area contributed by atoms with Gasteiger partial charge in [0.15, 0.2) is 0 Å². The van der Waals surface area contributed by atoms with Crippen molar-refractivity contribution < 1.29 is 9.53 Å². The third-order valence-electron chi connectivity index (χ3n) is 1.78. The Morgan fingerprint density at radius 1 is 1.69 bits per heavy atom. The van der Waals surface area contributed by atoms with E-state index < -0.39 is 0 Å². The van der Waals surface area contributed by atoms with Gasteiger partial charge in [-0.05, 0) is 18.6 Å². The van der Waals surface area contributed by atoms with E-state index in [2.05, 4.69) is 25.7 Å². The van der Waals surface area contributed by atoms with Gasteiger partial charge in [0, 0.05) is 10.7 Å². The Hall–Kier alpha value is -0.900. The lowest BCUT2D eigenvalue weighted by Crippen LogP contribution is -2.07. The largest absolute Gasteiger partial charge is 0.469 e. The zero-order valence-corrected chi connectivity index (χ0v) is 9.09. The van der Waals surface area contributed by atoms with Gasteiger partial charge in [-0.15, -0.1) is 0 Å². The molecule has 0 aliphatic carbocycles. The number of aromatic nitrogens is 1. The number of hydrogen-bond donors (Lipinski definition) is 0. The van der Waals surface area contributed by atoms with E-state index >= 15 is 0 Å². The van der Waals surface area contributed by atoms with Crippen LogP contribution in [0.3, 0.4) is 0 Å². The topological polar surface area (TPSA) is 39.2 Å². The molecule has 4 heteroatoms. The molecular weight excluding hydrogens is 234 g/mol. The van der Waals surface area contributed by atoms with Crippen molar-refractivity contribution in [2.24, 2.45) is 0 Å². The lowest BCUT2D eigenvalue weighted by atomic mass is 10.2. The first-order chi connectivity index (χ1) is 6.15. The molecular formula is C9H10BrNO2. The van der Waals surface area contributed by atoms with Crippen molar-refractivity contribution in [2.45, 2.75) is 13.3 Å². The first kappa shape index (κ1) is 10.2. The standard InChI is InChI=1S/C9H10BrNO2/c1-6-7(10)3-4-11-8(6)5-9(12)13-2/h3-4H,5H2,1-2H3. The average Bonchev–Trinajstić information content (AvgIpc) is 2.13. The van der Waals surface area contributed by atoms with Gasteiger partial charge in [0.1, 0.15) is 0 Å². The fourth-order valence-electron chi connectivity index (χ4n) is 0.939. The molecule has 0 bridgehead atoms. The van der Waals surface area contributed by atoms with Gasteiger partial charge in [0.25, 0.3) is 0 Å². The summed E-state index contributed by atoms with van der Waals surface area (Å²) in [6, 6.07) is 1.84. The Morgan fingerprint density at radius 2 is 2.38 bits per heavy atom. The average molecular weight is 244 g/mol. The van der Waals surface area contributed by atoms with Crippen LogP contribution in [0.1, 0.15) is 11.3 Å². The molecule has 1 heterocycles. The fourth-order valence-corrected chi connectivity index (χ4v) is 1.29. The second-order valence-electron chi connectivity index (χ2n) is 2.62. The molecule has 0 fully saturated rings. The fraction of sp³-hybridized carbons (Fsp3) is 0.333. The summed E-state index contributed by atoms with van der Waals surface area (Å²) in [4.78, 5) is 15.1. The maximum atomic E-state index is 11.0. The number of pyridine rings is 1. The van der Waals surface area contributed by atoms with Crippen LogP contribution in [-0.4, -0.2) is 18.1 Å². The van der Waals surface area contributed by atoms with Gasteiger partial charge >= 0.3 is 5.97 Å². The third kappa shape index (κ3) is 2.52. The summed E-state index contributed by atoms with van der Waals surface area (Å²) in [6.07, 6.45) is 1.89. The summed E-state index contributed by atoms with van der Waals surface area (Å²) in [7, 11) is 1.37. The van der Waals surface area contributed by atoms with Crippen LogP contribution in [-0.2, 0) is 16.0 Å². The molecule has 0 saturated carbocycles. The molecule has 70 valence electrons. The van der Waals surface area contributed by atoms with Gasteiger partial charge in [-0.3, -0.25) is 9.78 Å². The van der Waals surface area contributed by atoms with Crippen molar-refractivity contribution in [1.29, 1.82) is 0 Å². The highest BCUT2D eigenvalue weighted by Gasteiger charge is 2.08. The number of carbonyl (C=O) groups excluding carboxylic acids is 1. The van der Waals surface area contributed by atoms with E-state index in [4.69, 9.17) is 0 Å². The quantitative estimate of drug-likeness (QED) is 0.745. The van der Waals surface area contributed by atoms with Crippen LogP contribution in [0.15, 0.2) is 16.7 Å². The number of hydrogen-bond acceptors (Lipinski definition) is 3. The summed E-state index contributed by atoms with van der Waals surface area (Å²) >= 11 is 3.37. The van der Waals surface area contributed by atoms with Crippen molar-refractivity contribution in [2.75, 3.05) is 7.11 Å². The van der Waals surface area contributed by atoms with Crippen molar-refractivity contribution >= 4 is 21.9 Å². The second kappa shape index (κ2) is 4.37. The Balaban J connectivity index is 2.89. The van der Waals surface area contributed by atoms with Crippen LogP contribution < -0.4 is 0 Å². The maximum absolute atomic E-state index is 11.0. The molecule has 13 heavy (non-hydrogen) atoms. The molecule has 0 aliphatic heterocycles. The summed E-state index contributed by atoms with van der Waals surface area (Å²) in [6.45, 7) is 1.91. The van der Waals surface area contributed by atoms with Gasteiger partial charge < -0.3 is 4.74 Å². The minimum atomic E-state index is -0.270. The Morgan fingerprint density at radius 3 is 3.00 bits per heavy atom. The van der Waals surface area contributed by atoms with Crippen LogP contribution in [0.5, 0.6) is 0 Å². The molecule has 0 N–H and O–H groups in total. The lowest BCUT2D eigenvalue weighted by molar-refractivity contribution is -0.139. The molecule has 0 atom stereocenters. The van der Waals surface area contributed by atoms with Gasteiger partial charge in [-0.2, -0.15) is 0 Å². The third-order valence-corrected chi connectivity index (χ3v) is 2.64. The number of nitrogens with zero attached hydrogens (tertiary/aromatic N) is 1. The molecule has 1 aromatic rings. The first-order valence-corrected chi connectivity index (χ1v) is 4.61. The van der Waals surface area contributed by atoms with Crippen molar-refractivity contribution in [3.05, 3.63) is 28.0 Å². The van der Waals surface area contributed by atoms with Gasteiger partial charge in [-0.25, -0.2) is 0 Å². The predicted octanol–water partition coefficient (Wildman–Crippen LogP) is 1.87. The Kier molecular flexibility index (Phi) is 3.42. The van der Waals surface area contributed by atoms with Crippen LogP contribution >= 0.6 is 15.9 Å². The number of rotatable bonds is 2. The first-order valence-electron chi connectivity index (χ1n) is 3.82. The molecule has 3 nitrogen and oxygen atoms in total. The minimum Gasteiger partial charge on any atom is -0.469 e. The van der Waals surface area contributed by atoms with Gasteiger partial charge in [0.2, 0.25) is 0 Å². The number of carbonyl (C=O) groups is 1. The van der Waals surface area contributed by atoms with Gasteiger partial charge in [0.05, 0.1) is 19.2 Å². The van der Waals surface area contributed by atoms with E-state index in [0.29, 0.717) is 0 Å². The highest BCUT2D eigenvalue weighted by atomic mass is 79.9. The van der Waals surface area contributed by atoms with Crippen LogP contribution in [0, 0.1) is 6.92 Å². The lowest BCUT2D eigenvalue weighted by Gasteiger charge is -2.04. The molecule has 1 aromatic heterocycles. The molecule has 0 amide bonds. The zero-order valence-electron chi connectivity index (χ0n) is 7.50. The smallest absolute Gasteiger partial charge is 0.311 e. The molecule has 1 rings (SSSR count). The van der Waals surface area contributed by atoms with Crippen molar-refractivity contribution in [1.82, 2.24) is 4.98 Å². The van der Waals surface area contributed by atoms with Crippen molar-refractivity contribution in [3.8, 4) is 0 Å². The van der Waals surface area contributed by atoms with Crippen LogP contribution in [0.4, 0.5) is 0 Å². The normalized spacial score (nSPS) is 9.77. The van der Waals surface area contributed by atoms with Crippen molar-refractivity contribution in [3.63, 3.8) is 0 Å². The van der Waals surface area contributed by atoms with Crippen LogP contribution in [0.2, 0.25) is 0 Å². The zero-order chi connectivity index (χ0) is 9.84. The second-order valence-corrected chi connectivity index (χ2v) is 3.47. The molecule has 0 unspecified atom stereocenters. The van der Waals surface area contributed by atoms with E-state index in [1.807, 2.05) is 13.0 Å². The highest BCUT2D eigenvalue weighted by molar-refractivity contribution is 9.10. The summed E-state index contributed by atoms with van der Waals surface area (Å²) in [5, 5.41) is 0.